The third-order valence-corrected chi connectivity index (χ3v) is 6.78. The number of hydrogen-bond donors (Lipinski definition) is 3. The number of Topliss-reactive ketones (excluding diaryl/α,β-unsaturated/α-hetero) is 1. The summed E-state index contributed by atoms with van der Waals surface area (Å²) in [6.07, 6.45) is 4.17. The summed E-state index contributed by atoms with van der Waals surface area (Å²) in [5, 5.41) is 15.8. The lowest BCUT2D eigenvalue weighted by molar-refractivity contribution is -0.130. The van der Waals surface area contributed by atoms with Crippen LogP contribution in [0.15, 0.2) is 48.7 Å². The number of carbonyl (C=O) groups is 3. The van der Waals surface area contributed by atoms with Crippen molar-refractivity contribution >= 4 is 40.1 Å². The highest BCUT2D eigenvalue weighted by molar-refractivity contribution is 6.30. The first-order valence-electron chi connectivity index (χ1n) is 12.0. The number of benzene rings is 2. The molecule has 1 aromatic heterocycles. The van der Waals surface area contributed by atoms with E-state index in [0.29, 0.717) is 17.9 Å². The molecular weight excluding hydrogens is 485 g/mol. The van der Waals surface area contributed by atoms with Gasteiger partial charge in [0.05, 0.1) is 11.1 Å². The number of nitrogens with one attached hydrogen (secondary N) is 2. The van der Waals surface area contributed by atoms with Gasteiger partial charge in [-0.15, -0.1) is 0 Å². The zero-order valence-corrected chi connectivity index (χ0v) is 20.7. The van der Waals surface area contributed by atoms with Crippen LogP contribution in [0.3, 0.4) is 0 Å². The maximum atomic E-state index is 14.6. The largest absolute Gasteiger partial charge is 0.396 e. The van der Waals surface area contributed by atoms with Gasteiger partial charge in [-0.3, -0.25) is 14.4 Å². The van der Waals surface area contributed by atoms with E-state index in [-0.39, 0.29) is 41.8 Å². The number of aliphatic hydroxyl groups excluding tert-OH is 1. The molecule has 2 amide bonds. The number of nitrogens with zero attached hydrogens (tertiary/aromatic N) is 1. The topological polar surface area (TPSA) is 100 Å². The molecule has 9 heteroatoms. The van der Waals surface area contributed by atoms with Gasteiger partial charge in [-0.2, -0.15) is 0 Å². The molecule has 1 saturated carbocycles. The summed E-state index contributed by atoms with van der Waals surface area (Å²) >= 11 is 5.91. The summed E-state index contributed by atoms with van der Waals surface area (Å²) in [6.45, 7) is 1.15. The number of aromatic nitrogens is 1. The third-order valence-electron chi connectivity index (χ3n) is 6.49. The number of ketones is 1. The fourth-order valence-electron chi connectivity index (χ4n) is 4.47. The Bertz CT molecular complexity index is 1290. The summed E-state index contributed by atoms with van der Waals surface area (Å²) in [5.41, 5.74) is 1.46. The second kappa shape index (κ2) is 11.2. The number of aliphatic hydroxyl groups is 1. The van der Waals surface area contributed by atoms with E-state index in [9.17, 15) is 23.9 Å². The predicted molar refractivity (Wildman–Crippen MR) is 135 cm³/mol. The lowest BCUT2D eigenvalue weighted by Crippen LogP contribution is -2.49. The van der Waals surface area contributed by atoms with Crippen molar-refractivity contribution in [2.45, 2.75) is 51.2 Å². The second-order valence-corrected chi connectivity index (χ2v) is 9.67. The molecule has 0 bridgehead atoms. The average molecular weight is 514 g/mol. The van der Waals surface area contributed by atoms with Gasteiger partial charge in [0.2, 0.25) is 11.8 Å². The van der Waals surface area contributed by atoms with Crippen molar-refractivity contribution in [3.63, 3.8) is 0 Å². The van der Waals surface area contributed by atoms with Crippen molar-refractivity contribution in [3.8, 4) is 0 Å². The Labute approximate surface area is 213 Å². The minimum absolute atomic E-state index is 0.0643. The van der Waals surface area contributed by atoms with Gasteiger partial charge in [0.15, 0.2) is 5.78 Å². The lowest BCUT2D eigenvalue weighted by Gasteiger charge is -2.24. The SMILES string of the molecule is CC(=O)c1cn(CC(=O)N[C@@H](CC2CC2)C(=O)N[C@H](CCO)c2cccc(Cl)c2F)c2ccccc12. The summed E-state index contributed by atoms with van der Waals surface area (Å²) in [6, 6.07) is 10.2. The van der Waals surface area contributed by atoms with Gasteiger partial charge < -0.3 is 20.3 Å². The van der Waals surface area contributed by atoms with Crippen LogP contribution in [0.5, 0.6) is 0 Å². The molecule has 0 spiro atoms. The standard InChI is InChI=1S/C27H29ClFN3O4/c1-16(34)20-14-32(24-8-3-2-5-18(20)24)15-25(35)30-23(13-17-9-10-17)27(36)31-22(11-12-33)19-6-4-7-21(28)26(19)29/h2-8,14,17,22-23,33H,9-13,15H2,1H3,(H,30,35)(H,31,36)/t22-,23+/m1/s1. The van der Waals surface area contributed by atoms with Crippen LogP contribution in [-0.4, -0.2) is 39.9 Å². The molecule has 36 heavy (non-hydrogen) atoms. The zero-order chi connectivity index (χ0) is 25.8. The molecule has 7 nitrogen and oxygen atoms in total. The van der Waals surface area contributed by atoms with Crippen LogP contribution in [0.1, 0.15) is 54.6 Å². The first-order valence-corrected chi connectivity index (χ1v) is 12.4. The molecule has 0 aliphatic heterocycles. The number of hydrogen-bond acceptors (Lipinski definition) is 4. The molecule has 1 fully saturated rings. The van der Waals surface area contributed by atoms with Crippen molar-refractivity contribution < 1.29 is 23.9 Å². The molecule has 3 aromatic rings. The van der Waals surface area contributed by atoms with Crippen molar-refractivity contribution in [1.82, 2.24) is 15.2 Å². The summed E-state index contributed by atoms with van der Waals surface area (Å²) < 4.78 is 16.3. The smallest absolute Gasteiger partial charge is 0.243 e. The van der Waals surface area contributed by atoms with Gasteiger partial charge in [0.25, 0.3) is 0 Å². The molecule has 4 rings (SSSR count). The highest BCUT2D eigenvalue weighted by Crippen LogP contribution is 2.34. The number of amides is 2. The number of halogens is 2. The number of para-hydroxylation sites is 1. The highest BCUT2D eigenvalue weighted by atomic mass is 35.5. The third kappa shape index (κ3) is 5.94. The van der Waals surface area contributed by atoms with Crippen molar-refractivity contribution in [2.24, 2.45) is 5.92 Å². The van der Waals surface area contributed by atoms with Gasteiger partial charge in [-0.05, 0) is 37.8 Å². The lowest BCUT2D eigenvalue weighted by atomic mass is 10.0. The quantitative estimate of drug-likeness (QED) is 0.335. The van der Waals surface area contributed by atoms with Crippen LogP contribution in [0.25, 0.3) is 10.9 Å². The summed E-state index contributed by atoms with van der Waals surface area (Å²) in [5.74, 6) is -1.24. The van der Waals surface area contributed by atoms with Gasteiger partial charge in [-0.1, -0.05) is 54.8 Å². The van der Waals surface area contributed by atoms with E-state index < -0.39 is 23.8 Å². The molecular formula is C27H29ClFN3O4. The Balaban J connectivity index is 1.50. The Morgan fingerprint density at radius 3 is 2.58 bits per heavy atom. The molecule has 1 heterocycles. The van der Waals surface area contributed by atoms with Crippen LogP contribution >= 0.6 is 11.6 Å². The summed E-state index contributed by atoms with van der Waals surface area (Å²) in [4.78, 5) is 38.3. The highest BCUT2D eigenvalue weighted by Gasteiger charge is 2.32. The zero-order valence-electron chi connectivity index (χ0n) is 20.0. The Morgan fingerprint density at radius 2 is 1.89 bits per heavy atom. The van der Waals surface area contributed by atoms with Crippen LogP contribution in [0.4, 0.5) is 4.39 Å². The van der Waals surface area contributed by atoms with Crippen LogP contribution in [0, 0.1) is 11.7 Å². The molecule has 3 N–H and O–H groups in total. The van der Waals surface area contributed by atoms with Crippen molar-refractivity contribution in [1.29, 1.82) is 0 Å². The first-order chi connectivity index (χ1) is 17.3. The molecule has 1 aliphatic carbocycles. The fourth-order valence-corrected chi connectivity index (χ4v) is 4.65. The molecule has 0 saturated heterocycles. The number of carbonyl (C=O) groups excluding carboxylic acids is 3. The Kier molecular flexibility index (Phi) is 8.06. The maximum absolute atomic E-state index is 14.6. The summed E-state index contributed by atoms with van der Waals surface area (Å²) in [7, 11) is 0. The van der Waals surface area contributed by atoms with E-state index in [4.69, 9.17) is 11.6 Å². The van der Waals surface area contributed by atoms with E-state index in [1.165, 1.54) is 19.1 Å². The number of rotatable bonds is 11. The van der Waals surface area contributed by atoms with Gasteiger partial charge in [0, 0.05) is 34.8 Å². The fraction of sp³-hybridized carbons (Fsp3) is 0.370. The number of fused-ring (bicyclic) bond motifs is 1. The van der Waals surface area contributed by atoms with Crippen molar-refractivity contribution in [2.75, 3.05) is 6.61 Å². The molecule has 190 valence electrons. The molecule has 1 aliphatic rings. The van der Waals surface area contributed by atoms with Crippen LogP contribution in [0.2, 0.25) is 5.02 Å². The first kappa shape index (κ1) is 25.9. The van der Waals surface area contributed by atoms with E-state index in [2.05, 4.69) is 10.6 Å². The predicted octanol–water partition coefficient (Wildman–Crippen LogP) is 4.16. The Hall–Kier alpha value is -3.23. The minimum atomic E-state index is -0.817. The minimum Gasteiger partial charge on any atom is -0.396 e. The molecule has 2 atom stereocenters. The maximum Gasteiger partial charge on any atom is 0.243 e. The van der Waals surface area contributed by atoms with E-state index in [1.807, 2.05) is 24.3 Å². The normalized spacial score (nSPS) is 14.9. The molecule has 0 unspecified atom stereocenters. The van der Waals surface area contributed by atoms with E-state index in [1.54, 1.807) is 16.8 Å². The average Bonchev–Trinajstić information content (AvgIpc) is 3.59. The van der Waals surface area contributed by atoms with Gasteiger partial charge in [0.1, 0.15) is 18.4 Å². The molecule has 2 aromatic carbocycles. The Morgan fingerprint density at radius 1 is 1.14 bits per heavy atom. The van der Waals surface area contributed by atoms with E-state index >= 15 is 0 Å². The van der Waals surface area contributed by atoms with Gasteiger partial charge >= 0.3 is 0 Å². The molecule has 0 radical (unpaired) electrons. The van der Waals surface area contributed by atoms with Crippen LogP contribution < -0.4 is 10.6 Å². The monoisotopic (exact) mass is 513 g/mol. The van der Waals surface area contributed by atoms with Crippen molar-refractivity contribution in [3.05, 3.63) is 70.6 Å². The van der Waals surface area contributed by atoms with Gasteiger partial charge in [-0.25, -0.2) is 4.39 Å². The van der Waals surface area contributed by atoms with E-state index in [0.717, 1.165) is 23.7 Å². The van der Waals surface area contributed by atoms with Crippen LogP contribution in [-0.2, 0) is 16.1 Å². The second-order valence-electron chi connectivity index (χ2n) is 9.26.